The Morgan fingerprint density at radius 2 is 1.87 bits per heavy atom. The second kappa shape index (κ2) is 15.2. The minimum absolute atomic E-state index is 0.0931. The summed E-state index contributed by atoms with van der Waals surface area (Å²) in [5.74, 6) is 0.236. The van der Waals surface area contributed by atoms with E-state index in [1.54, 1.807) is 0 Å². The standard InChI is InChI=1S/C37H41ClN4O3/c1-4-30-23-42(21-28-13-9-10-14-34(28)45-30)22-29-19-27(16-15-25(29)3)32(20-35(43)44-24-26-11-7-6-8-12-26)31-17-18-33(40-5-2)37(41-39)36(31)38/h6-19,30,32,39-40H,4-5,20-24H2,1-3H3/t30-,32-/m1/s1. The highest BCUT2D eigenvalue weighted by Gasteiger charge is 2.26. The van der Waals surface area contributed by atoms with Gasteiger partial charge in [0.05, 0.1) is 17.1 Å². The van der Waals surface area contributed by atoms with E-state index in [2.05, 4.69) is 65.6 Å². The zero-order valence-electron chi connectivity index (χ0n) is 26.2. The molecule has 2 atom stereocenters. The van der Waals surface area contributed by atoms with Crippen molar-refractivity contribution in [3.8, 4) is 5.75 Å². The Morgan fingerprint density at radius 3 is 2.62 bits per heavy atom. The average Bonchev–Trinajstić information content (AvgIpc) is 3.23. The average molecular weight is 625 g/mol. The fourth-order valence-corrected chi connectivity index (χ4v) is 6.21. The molecule has 0 saturated heterocycles. The molecule has 234 valence electrons. The number of aryl methyl sites for hydroxylation is 1. The lowest BCUT2D eigenvalue weighted by atomic mass is 9.86. The lowest BCUT2D eigenvalue weighted by Gasteiger charge is -2.25. The van der Waals surface area contributed by atoms with Gasteiger partial charge < -0.3 is 14.8 Å². The summed E-state index contributed by atoms with van der Waals surface area (Å²) < 4.78 is 12.1. The van der Waals surface area contributed by atoms with Crippen molar-refractivity contribution < 1.29 is 14.3 Å². The Balaban J connectivity index is 1.47. The Bertz CT molecular complexity index is 1630. The first-order valence-corrected chi connectivity index (χ1v) is 16.0. The second-order valence-corrected chi connectivity index (χ2v) is 11.9. The van der Waals surface area contributed by atoms with Gasteiger partial charge in [-0.15, -0.1) is 0 Å². The van der Waals surface area contributed by atoms with Gasteiger partial charge in [0.1, 0.15) is 24.1 Å². The third kappa shape index (κ3) is 7.91. The van der Waals surface area contributed by atoms with Crippen LogP contribution in [0.15, 0.2) is 90.0 Å². The summed E-state index contributed by atoms with van der Waals surface area (Å²) in [7, 11) is 0. The van der Waals surface area contributed by atoms with Gasteiger partial charge in [-0.3, -0.25) is 9.69 Å². The van der Waals surface area contributed by atoms with Crippen molar-refractivity contribution >= 4 is 28.9 Å². The summed E-state index contributed by atoms with van der Waals surface area (Å²) >= 11 is 6.95. The number of esters is 1. The number of rotatable bonds is 12. The monoisotopic (exact) mass is 624 g/mol. The van der Waals surface area contributed by atoms with E-state index in [0.717, 1.165) is 48.5 Å². The molecule has 5 rings (SSSR count). The molecule has 45 heavy (non-hydrogen) atoms. The molecule has 0 saturated carbocycles. The first-order valence-electron chi connectivity index (χ1n) is 15.6. The number of benzene rings is 4. The van der Waals surface area contributed by atoms with Gasteiger partial charge in [0.25, 0.3) is 0 Å². The smallest absolute Gasteiger partial charge is 0.307 e. The van der Waals surface area contributed by atoms with Crippen LogP contribution in [0.4, 0.5) is 11.4 Å². The minimum atomic E-state index is -0.395. The van der Waals surface area contributed by atoms with E-state index in [-0.39, 0.29) is 25.1 Å². The maximum absolute atomic E-state index is 13.3. The summed E-state index contributed by atoms with van der Waals surface area (Å²) in [6.45, 7) is 9.46. The van der Waals surface area contributed by atoms with Crippen LogP contribution in [-0.4, -0.2) is 30.1 Å². The van der Waals surface area contributed by atoms with Crippen LogP contribution in [0.1, 0.15) is 66.0 Å². The van der Waals surface area contributed by atoms with E-state index >= 15 is 0 Å². The molecule has 0 fully saturated rings. The number of para-hydroxylation sites is 1. The molecule has 4 aromatic carbocycles. The van der Waals surface area contributed by atoms with E-state index in [1.165, 1.54) is 16.7 Å². The first kappa shape index (κ1) is 32.2. The molecule has 7 nitrogen and oxygen atoms in total. The topological polar surface area (TPSA) is 87.0 Å². The third-order valence-electron chi connectivity index (χ3n) is 8.36. The molecule has 2 N–H and O–H groups in total. The fourth-order valence-electron chi connectivity index (χ4n) is 5.87. The lowest BCUT2D eigenvalue weighted by Crippen LogP contribution is -2.32. The Kier molecular flexibility index (Phi) is 10.9. The van der Waals surface area contributed by atoms with Crippen molar-refractivity contribution in [3.63, 3.8) is 0 Å². The molecule has 0 aliphatic carbocycles. The quantitative estimate of drug-likeness (QED) is 0.121. The summed E-state index contributed by atoms with van der Waals surface area (Å²) in [5.41, 5.74) is 15.0. The van der Waals surface area contributed by atoms with Crippen LogP contribution in [0.2, 0.25) is 5.02 Å². The molecule has 1 heterocycles. The van der Waals surface area contributed by atoms with E-state index < -0.39 is 5.92 Å². The van der Waals surface area contributed by atoms with Gasteiger partial charge in [0.15, 0.2) is 0 Å². The SMILES string of the molecule is CCNc1ccc([C@H](CC(=O)OCc2ccccc2)c2ccc(C)c(CN3Cc4ccccc4O[C@H](CC)C3)c2)c(Cl)c1N=N. The van der Waals surface area contributed by atoms with Crippen LogP contribution in [0.5, 0.6) is 5.75 Å². The van der Waals surface area contributed by atoms with E-state index in [1.807, 2.05) is 55.5 Å². The van der Waals surface area contributed by atoms with Crippen molar-refractivity contribution in [2.75, 3.05) is 18.4 Å². The lowest BCUT2D eigenvalue weighted by molar-refractivity contribution is -0.145. The largest absolute Gasteiger partial charge is 0.489 e. The number of hydrogen-bond donors (Lipinski definition) is 2. The Labute approximate surface area is 271 Å². The van der Waals surface area contributed by atoms with Crippen LogP contribution in [0.25, 0.3) is 0 Å². The predicted octanol–water partition coefficient (Wildman–Crippen LogP) is 9.18. The molecular weight excluding hydrogens is 584 g/mol. The highest BCUT2D eigenvalue weighted by Crippen LogP contribution is 2.42. The van der Waals surface area contributed by atoms with Crippen LogP contribution in [0, 0.1) is 12.5 Å². The van der Waals surface area contributed by atoms with E-state index in [0.29, 0.717) is 22.9 Å². The van der Waals surface area contributed by atoms with Gasteiger partial charge >= 0.3 is 5.97 Å². The summed E-state index contributed by atoms with van der Waals surface area (Å²) in [4.78, 5) is 15.8. The number of anilines is 1. The van der Waals surface area contributed by atoms with Crippen molar-refractivity contribution in [2.24, 2.45) is 5.11 Å². The molecule has 0 bridgehead atoms. The molecule has 8 heteroatoms. The predicted molar refractivity (Wildman–Crippen MR) is 180 cm³/mol. The molecule has 0 radical (unpaired) electrons. The van der Waals surface area contributed by atoms with Gasteiger partial charge in [-0.05, 0) is 60.2 Å². The number of nitrogens with zero attached hydrogens (tertiary/aromatic N) is 2. The Morgan fingerprint density at radius 1 is 1.09 bits per heavy atom. The van der Waals surface area contributed by atoms with E-state index in [4.69, 9.17) is 26.6 Å². The van der Waals surface area contributed by atoms with Gasteiger partial charge in [-0.1, -0.05) is 91.3 Å². The molecule has 0 unspecified atom stereocenters. The summed E-state index contributed by atoms with van der Waals surface area (Å²) in [5, 5.41) is 7.34. The van der Waals surface area contributed by atoms with Gasteiger partial charge in [0.2, 0.25) is 0 Å². The molecule has 4 aromatic rings. The van der Waals surface area contributed by atoms with Crippen molar-refractivity contribution in [1.82, 2.24) is 4.90 Å². The highest BCUT2D eigenvalue weighted by atomic mass is 35.5. The van der Waals surface area contributed by atoms with Crippen molar-refractivity contribution in [3.05, 3.63) is 123 Å². The summed E-state index contributed by atoms with van der Waals surface area (Å²) in [6.07, 6.45) is 1.11. The zero-order chi connectivity index (χ0) is 31.8. The number of halogens is 1. The maximum Gasteiger partial charge on any atom is 0.307 e. The minimum Gasteiger partial charge on any atom is -0.489 e. The van der Waals surface area contributed by atoms with Crippen molar-refractivity contribution in [2.45, 2.75) is 65.3 Å². The number of hydrogen-bond acceptors (Lipinski definition) is 7. The maximum atomic E-state index is 13.3. The van der Waals surface area contributed by atoms with Gasteiger partial charge in [0, 0.05) is 37.7 Å². The van der Waals surface area contributed by atoms with Gasteiger partial charge in [-0.25, -0.2) is 5.53 Å². The third-order valence-corrected chi connectivity index (χ3v) is 8.76. The van der Waals surface area contributed by atoms with Crippen LogP contribution in [-0.2, 0) is 29.2 Å². The number of carbonyl (C=O) groups excluding carboxylic acids is 1. The fraction of sp³-hybridized carbons (Fsp3) is 0.324. The number of carbonyl (C=O) groups is 1. The van der Waals surface area contributed by atoms with Gasteiger partial charge in [-0.2, -0.15) is 5.11 Å². The molecular formula is C37H41ClN4O3. The number of nitrogens with one attached hydrogen (secondary N) is 2. The van der Waals surface area contributed by atoms with Crippen molar-refractivity contribution in [1.29, 1.82) is 5.53 Å². The summed E-state index contributed by atoms with van der Waals surface area (Å²) in [6, 6.07) is 28.1. The number of ether oxygens (including phenoxy) is 2. The van der Waals surface area contributed by atoms with Crippen LogP contribution in [0.3, 0.4) is 0 Å². The molecule has 0 spiro atoms. The molecule has 1 aliphatic heterocycles. The van der Waals surface area contributed by atoms with E-state index in [9.17, 15) is 4.79 Å². The second-order valence-electron chi connectivity index (χ2n) is 11.5. The highest BCUT2D eigenvalue weighted by molar-refractivity contribution is 6.34. The molecule has 0 aromatic heterocycles. The first-order chi connectivity index (χ1) is 21.9. The zero-order valence-corrected chi connectivity index (χ0v) is 26.9. The number of fused-ring (bicyclic) bond motifs is 1. The van der Waals surface area contributed by atoms with Crippen LogP contribution >= 0.6 is 11.6 Å². The molecule has 0 amide bonds. The Hall–Kier alpha value is -4.20. The molecule has 1 aliphatic rings. The van der Waals surface area contributed by atoms with Crippen LogP contribution < -0.4 is 10.1 Å². The normalized spacial score (nSPS) is 15.3.